The van der Waals surface area contributed by atoms with Crippen LogP contribution >= 0.6 is 0 Å². The van der Waals surface area contributed by atoms with Gasteiger partial charge in [0, 0.05) is 25.2 Å². The summed E-state index contributed by atoms with van der Waals surface area (Å²) in [5, 5.41) is 12.1. The summed E-state index contributed by atoms with van der Waals surface area (Å²) in [5.74, 6) is 0.731. The number of nitrogens with one attached hydrogen (secondary N) is 1. The van der Waals surface area contributed by atoms with Gasteiger partial charge in [0.2, 0.25) is 0 Å². The van der Waals surface area contributed by atoms with Crippen LogP contribution in [-0.4, -0.2) is 41.3 Å². The molecule has 1 saturated heterocycles. The summed E-state index contributed by atoms with van der Waals surface area (Å²) in [5.41, 5.74) is -0.283. The predicted octanol–water partition coefficient (Wildman–Crippen LogP) is 1.98. The quantitative estimate of drug-likeness (QED) is 0.792. The maximum absolute atomic E-state index is 12.1. The Labute approximate surface area is 104 Å². The minimum Gasteiger partial charge on any atom is -0.396 e. The second-order valence-corrected chi connectivity index (χ2v) is 5.49. The van der Waals surface area contributed by atoms with E-state index >= 15 is 0 Å². The van der Waals surface area contributed by atoms with Gasteiger partial charge in [0.05, 0.1) is 0 Å². The second-order valence-electron chi connectivity index (χ2n) is 5.49. The minimum absolute atomic E-state index is 0.0229. The minimum atomic E-state index is -0.283. The van der Waals surface area contributed by atoms with E-state index in [-0.39, 0.29) is 18.2 Å². The number of likely N-dealkylation sites (tertiary alicyclic amines) is 1. The Morgan fingerprint density at radius 1 is 1.47 bits per heavy atom. The summed E-state index contributed by atoms with van der Waals surface area (Å²) in [6.07, 6.45) is 3.63. The van der Waals surface area contributed by atoms with Crippen molar-refractivity contribution in [2.24, 2.45) is 5.92 Å². The lowest BCUT2D eigenvalue weighted by Gasteiger charge is -2.35. The maximum Gasteiger partial charge on any atom is 0.317 e. The zero-order chi connectivity index (χ0) is 12.9. The van der Waals surface area contributed by atoms with E-state index < -0.39 is 0 Å². The van der Waals surface area contributed by atoms with Crippen LogP contribution in [0.25, 0.3) is 0 Å². The number of piperidine rings is 1. The van der Waals surface area contributed by atoms with Crippen LogP contribution in [0.3, 0.4) is 0 Å². The van der Waals surface area contributed by atoms with Crippen LogP contribution in [0.5, 0.6) is 0 Å². The highest BCUT2D eigenvalue weighted by molar-refractivity contribution is 5.75. The normalized spacial score (nSPS) is 21.1. The van der Waals surface area contributed by atoms with E-state index in [9.17, 15) is 4.79 Å². The van der Waals surface area contributed by atoms with Gasteiger partial charge in [0.1, 0.15) is 0 Å². The number of hydrogen-bond donors (Lipinski definition) is 2. The van der Waals surface area contributed by atoms with Gasteiger partial charge in [-0.3, -0.25) is 0 Å². The Morgan fingerprint density at radius 2 is 2.06 bits per heavy atom. The number of carbonyl (C=O) groups excluding carboxylic acids is 1. The second kappa shape index (κ2) is 6.24. The van der Waals surface area contributed by atoms with Crippen LogP contribution in [0.4, 0.5) is 4.79 Å². The van der Waals surface area contributed by atoms with Gasteiger partial charge in [-0.15, -0.1) is 0 Å². The Balaban J connectivity index is 2.47. The number of rotatable bonds is 4. The number of urea groups is 1. The Kier molecular flexibility index (Phi) is 5.25. The zero-order valence-electron chi connectivity index (χ0n) is 11.3. The molecule has 0 aromatic heterocycles. The fourth-order valence-corrected chi connectivity index (χ4v) is 2.12. The lowest BCUT2D eigenvalue weighted by molar-refractivity contribution is 0.153. The van der Waals surface area contributed by atoms with Gasteiger partial charge >= 0.3 is 6.03 Å². The zero-order valence-corrected chi connectivity index (χ0v) is 11.3. The molecule has 1 unspecified atom stereocenters. The molecule has 2 amide bonds. The van der Waals surface area contributed by atoms with E-state index in [2.05, 4.69) is 12.2 Å². The molecule has 1 rings (SSSR count). The van der Waals surface area contributed by atoms with Gasteiger partial charge in [-0.2, -0.15) is 0 Å². The Bertz CT molecular complexity index is 250. The van der Waals surface area contributed by atoms with Crippen LogP contribution < -0.4 is 5.32 Å². The third kappa shape index (κ3) is 4.19. The fraction of sp³-hybridized carbons (Fsp3) is 0.923. The van der Waals surface area contributed by atoms with Crippen molar-refractivity contribution in [3.63, 3.8) is 0 Å². The van der Waals surface area contributed by atoms with Crippen LogP contribution in [0.1, 0.15) is 46.5 Å². The molecule has 0 aromatic carbocycles. The first-order valence-corrected chi connectivity index (χ1v) is 6.68. The Morgan fingerprint density at radius 3 is 2.53 bits per heavy atom. The van der Waals surface area contributed by atoms with Crippen LogP contribution in [-0.2, 0) is 0 Å². The monoisotopic (exact) mass is 242 g/mol. The number of hydrogen-bond acceptors (Lipinski definition) is 2. The third-order valence-electron chi connectivity index (χ3n) is 3.92. The molecule has 0 spiro atoms. The summed E-state index contributed by atoms with van der Waals surface area (Å²) < 4.78 is 0. The number of amides is 2. The van der Waals surface area contributed by atoms with E-state index in [1.54, 1.807) is 0 Å². The number of nitrogens with zero attached hydrogens (tertiary/aromatic N) is 1. The molecule has 1 atom stereocenters. The number of carbonyl (C=O) groups is 1. The molecule has 0 bridgehead atoms. The SMILES string of the molecule is CCC(C)(CCO)NC(=O)N1CCC(C)CC1. The highest BCUT2D eigenvalue weighted by Gasteiger charge is 2.27. The first-order valence-electron chi connectivity index (χ1n) is 6.68. The fourth-order valence-electron chi connectivity index (χ4n) is 2.12. The van der Waals surface area contributed by atoms with Gasteiger partial charge in [0.15, 0.2) is 0 Å². The average molecular weight is 242 g/mol. The van der Waals surface area contributed by atoms with Crippen molar-refractivity contribution >= 4 is 6.03 Å². The highest BCUT2D eigenvalue weighted by atomic mass is 16.3. The van der Waals surface area contributed by atoms with Crippen LogP contribution in [0.15, 0.2) is 0 Å². The molecule has 0 saturated carbocycles. The van der Waals surface area contributed by atoms with Gasteiger partial charge < -0.3 is 15.3 Å². The molecule has 2 N–H and O–H groups in total. The molecular formula is C13H26N2O2. The van der Waals surface area contributed by atoms with Gasteiger partial charge in [-0.1, -0.05) is 13.8 Å². The Hall–Kier alpha value is -0.770. The van der Waals surface area contributed by atoms with Gasteiger partial charge in [-0.05, 0) is 38.5 Å². The van der Waals surface area contributed by atoms with E-state index in [4.69, 9.17) is 5.11 Å². The molecule has 0 radical (unpaired) electrons. The first kappa shape index (κ1) is 14.3. The molecule has 17 heavy (non-hydrogen) atoms. The molecule has 100 valence electrons. The maximum atomic E-state index is 12.1. The van der Waals surface area contributed by atoms with Crippen molar-refractivity contribution in [2.75, 3.05) is 19.7 Å². The van der Waals surface area contributed by atoms with Crippen LogP contribution in [0, 0.1) is 5.92 Å². The van der Waals surface area contributed by atoms with Crippen molar-refractivity contribution in [1.82, 2.24) is 10.2 Å². The predicted molar refractivity (Wildman–Crippen MR) is 68.9 cm³/mol. The summed E-state index contributed by atoms with van der Waals surface area (Å²) in [7, 11) is 0. The van der Waals surface area contributed by atoms with Crippen molar-refractivity contribution < 1.29 is 9.90 Å². The van der Waals surface area contributed by atoms with E-state index in [0.29, 0.717) is 6.42 Å². The number of aliphatic hydroxyl groups excluding tert-OH is 1. The van der Waals surface area contributed by atoms with Gasteiger partial charge in [-0.25, -0.2) is 4.79 Å². The molecule has 1 heterocycles. The van der Waals surface area contributed by atoms with Crippen LogP contribution in [0.2, 0.25) is 0 Å². The summed E-state index contributed by atoms with van der Waals surface area (Å²) in [6, 6.07) is 0.0229. The van der Waals surface area contributed by atoms with Gasteiger partial charge in [0.25, 0.3) is 0 Å². The molecule has 0 aromatic rings. The largest absolute Gasteiger partial charge is 0.396 e. The third-order valence-corrected chi connectivity index (χ3v) is 3.92. The molecular weight excluding hydrogens is 216 g/mol. The van der Waals surface area contributed by atoms with E-state index in [1.807, 2.05) is 18.7 Å². The number of aliphatic hydroxyl groups is 1. The molecule has 1 aliphatic rings. The summed E-state index contributed by atoms with van der Waals surface area (Å²) in [4.78, 5) is 14.0. The summed E-state index contributed by atoms with van der Waals surface area (Å²) >= 11 is 0. The van der Waals surface area contributed by atoms with Crippen molar-refractivity contribution in [3.05, 3.63) is 0 Å². The standard InChI is InChI=1S/C13H26N2O2/c1-4-13(3,7-10-16)14-12(17)15-8-5-11(2)6-9-15/h11,16H,4-10H2,1-3H3,(H,14,17). The molecule has 0 aliphatic carbocycles. The molecule has 4 heteroatoms. The van der Waals surface area contributed by atoms with E-state index in [1.165, 1.54) is 0 Å². The van der Waals surface area contributed by atoms with E-state index in [0.717, 1.165) is 38.3 Å². The van der Waals surface area contributed by atoms with Crippen molar-refractivity contribution in [1.29, 1.82) is 0 Å². The first-order chi connectivity index (χ1) is 8.00. The molecule has 4 nitrogen and oxygen atoms in total. The highest BCUT2D eigenvalue weighted by Crippen LogP contribution is 2.18. The smallest absolute Gasteiger partial charge is 0.317 e. The van der Waals surface area contributed by atoms with Crippen molar-refractivity contribution in [3.8, 4) is 0 Å². The topological polar surface area (TPSA) is 52.6 Å². The summed E-state index contributed by atoms with van der Waals surface area (Å²) in [6.45, 7) is 8.08. The molecule has 1 aliphatic heterocycles. The molecule has 1 fully saturated rings. The lowest BCUT2D eigenvalue weighted by atomic mass is 9.95. The van der Waals surface area contributed by atoms with Crippen molar-refractivity contribution in [2.45, 2.75) is 52.0 Å². The average Bonchev–Trinajstić information content (AvgIpc) is 2.30. The lowest BCUT2D eigenvalue weighted by Crippen LogP contribution is -2.53.